The van der Waals surface area contributed by atoms with Gasteiger partial charge >= 0.3 is 0 Å². The molecule has 0 bridgehead atoms. The molecule has 2 saturated heterocycles. The van der Waals surface area contributed by atoms with Crippen LogP contribution in [0.2, 0.25) is 0 Å². The van der Waals surface area contributed by atoms with Gasteiger partial charge in [0, 0.05) is 25.4 Å². The average Bonchev–Trinajstić information content (AvgIpc) is 3.43. The normalized spacial score (nSPS) is 19.8. The Labute approximate surface area is 201 Å². The summed E-state index contributed by atoms with van der Waals surface area (Å²) in [6, 6.07) is 8.02. The minimum Gasteiger partial charge on any atom is -0.376 e. The summed E-state index contributed by atoms with van der Waals surface area (Å²) in [5.74, 6) is 1.93. The van der Waals surface area contributed by atoms with Crippen LogP contribution < -0.4 is 10.2 Å². The van der Waals surface area contributed by atoms with Gasteiger partial charge in [-0.25, -0.2) is 0 Å². The van der Waals surface area contributed by atoms with Gasteiger partial charge in [-0.1, -0.05) is 57.7 Å². The summed E-state index contributed by atoms with van der Waals surface area (Å²) in [5.41, 5.74) is 1.96. The van der Waals surface area contributed by atoms with E-state index in [2.05, 4.69) is 58.7 Å². The fourth-order valence-electron chi connectivity index (χ4n) is 4.54. The SMILES string of the molecule is CC1CCN(c2nnc(SCC(=O)Nc3ccccc3C(C)(C)C)n2CC2CCCO2)CC1. The molecule has 33 heavy (non-hydrogen) atoms. The number of nitrogens with one attached hydrogen (secondary N) is 1. The first-order valence-corrected chi connectivity index (χ1v) is 13.1. The van der Waals surface area contributed by atoms with Crippen molar-refractivity contribution < 1.29 is 9.53 Å². The van der Waals surface area contributed by atoms with Crippen LogP contribution in [0.3, 0.4) is 0 Å². The first-order valence-electron chi connectivity index (χ1n) is 12.1. The molecule has 0 saturated carbocycles. The minimum atomic E-state index is -0.0423. The second kappa shape index (κ2) is 10.5. The number of aromatic nitrogens is 3. The zero-order valence-corrected chi connectivity index (χ0v) is 21.2. The third-order valence-corrected chi connectivity index (χ3v) is 7.48. The molecule has 1 amide bonds. The monoisotopic (exact) mass is 471 g/mol. The third kappa shape index (κ3) is 6.09. The van der Waals surface area contributed by atoms with E-state index < -0.39 is 0 Å². The number of carbonyl (C=O) groups is 1. The molecule has 2 fully saturated rings. The molecule has 4 rings (SSSR count). The second-order valence-corrected chi connectivity index (χ2v) is 11.3. The molecule has 1 atom stereocenters. The van der Waals surface area contributed by atoms with Crippen LogP contribution in [0.5, 0.6) is 0 Å². The van der Waals surface area contributed by atoms with E-state index in [1.54, 1.807) is 0 Å². The third-order valence-electron chi connectivity index (χ3n) is 6.52. The van der Waals surface area contributed by atoms with Crippen LogP contribution in [-0.4, -0.2) is 52.2 Å². The van der Waals surface area contributed by atoms with Gasteiger partial charge in [-0.2, -0.15) is 0 Å². The van der Waals surface area contributed by atoms with Crippen LogP contribution in [0.15, 0.2) is 29.4 Å². The number of thioether (sulfide) groups is 1. The number of hydrogen-bond acceptors (Lipinski definition) is 6. The van der Waals surface area contributed by atoms with Gasteiger partial charge in [0.2, 0.25) is 11.9 Å². The standard InChI is InChI=1S/C25H37N5O2S/c1-18-11-13-29(14-12-18)23-27-28-24(30(23)16-19-8-7-15-32-19)33-17-22(31)26-21-10-6-5-9-20(21)25(2,3)4/h5-6,9-10,18-19H,7-8,11-17H2,1-4H3,(H,26,31). The Morgan fingerprint density at radius 3 is 2.64 bits per heavy atom. The van der Waals surface area contributed by atoms with Crippen molar-refractivity contribution in [1.82, 2.24) is 14.8 Å². The lowest BCUT2D eigenvalue weighted by Crippen LogP contribution is -2.35. The van der Waals surface area contributed by atoms with E-state index in [0.717, 1.165) is 67.4 Å². The highest BCUT2D eigenvalue weighted by Gasteiger charge is 2.26. The summed E-state index contributed by atoms with van der Waals surface area (Å²) in [4.78, 5) is 15.2. The van der Waals surface area contributed by atoms with Gasteiger partial charge in [-0.3, -0.25) is 9.36 Å². The highest BCUT2D eigenvalue weighted by Crippen LogP contribution is 2.30. The Balaban J connectivity index is 1.45. The molecule has 0 radical (unpaired) electrons. The summed E-state index contributed by atoms with van der Waals surface area (Å²) < 4.78 is 8.08. The maximum absolute atomic E-state index is 12.8. The summed E-state index contributed by atoms with van der Waals surface area (Å²) in [6.07, 6.45) is 4.69. The number of rotatable bonds is 7. The van der Waals surface area contributed by atoms with Crippen molar-refractivity contribution in [3.05, 3.63) is 29.8 Å². The smallest absolute Gasteiger partial charge is 0.234 e. The second-order valence-electron chi connectivity index (χ2n) is 10.3. The molecule has 1 aromatic carbocycles. The summed E-state index contributed by atoms with van der Waals surface area (Å²) in [5, 5.41) is 12.9. The van der Waals surface area contributed by atoms with E-state index >= 15 is 0 Å². The summed E-state index contributed by atoms with van der Waals surface area (Å²) in [7, 11) is 0. The van der Waals surface area contributed by atoms with Gasteiger partial charge in [0.25, 0.3) is 0 Å². The van der Waals surface area contributed by atoms with Gasteiger partial charge in [0.1, 0.15) is 0 Å². The maximum Gasteiger partial charge on any atom is 0.234 e. The van der Waals surface area contributed by atoms with Crippen molar-refractivity contribution >= 4 is 29.3 Å². The molecule has 0 aliphatic carbocycles. The Morgan fingerprint density at radius 1 is 1.18 bits per heavy atom. The van der Waals surface area contributed by atoms with Crippen molar-refractivity contribution in [1.29, 1.82) is 0 Å². The molecular formula is C25H37N5O2S. The number of nitrogens with zero attached hydrogens (tertiary/aromatic N) is 4. The quantitative estimate of drug-likeness (QED) is 0.589. The van der Waals surface area contributed by atoms with E-state index in [9.17, 15) is 4.79 Å². The lowest BCUT2D eigenvalue weighted by molar-refractivity contribution is -0.113. The molecule has 0 spiro atoms. The Kier molecular flexibility index (Phi) is 7.64. The molecule has 2 aromatic rings. The van der Waals surface area contributed by atoms with Gasteiger partial charge in [0.05, 0.1) is 18.4 Å². The fourth-order valence-corrected chi connectivity index (χ4v) is 5.29. The Bertz CT molecular complexity index is 941. The van der Waals surface area contributed by atoms with Crippen LogP contribution in [0.25, 0.3) is 0 Å². The van der Waals surface area contributed by atoms with Crippen LogP contribution in [0.4, 0.5) is 11.6 Å². The zero-order chi connectivity index (χ0) is 23.4. The molecule has 3 heterocycles. The van der Waals surface area contributed by atoms with Crippen LogP contribution in [0, 0.1) is 5.92 Å². The van der Waals surface area contributed by atoms with E-state index in [1.165, 1.54) is 24.6 Å². The molecule has 1 unspecified atom stereocenters. The van der Waals surface area contributed by atoms with Gasteiger partial charge in [0.15, 0.2) is 5.16 Å². The number of ether oxygens (including phenoxy) is 1. The molecule has 1 aromatic heterocycles. The lowest BCUT2D eigenvalue weighted by Gasteiger charge is -2.31. The summed E-state index contributed by atoms with van der Waals surface area (Å²) in [6.45, 7) is 12.3. The van der Waals surface area contributed by atoms with Crippen LogP contribution in [-0.2, 0) is 21.5 Å². The molecule has 2 aliphatic rings. The number of carbonyl (C=O) groups excluding carboxylic acids is 1. The average molecular weight is 472 g/mol. The largest absolute Gasteiger partial charge is 0.376 e. The van der Waals surface area contributed by atoms with Gasteiger partial charge < -0.3 is 15.0 Å². The fraction of sp³-hybridized carbons (Fsp3) is 0.640. The molecular weight excluding hydrogens is 434 g/mol. The minimum absolute atomic E-state index is 0.0308. The molecule has 2 aliphatic heterocycles. The van der Waals surface area contributed by atoms with Crippen molar-refractivity contribution in [2.75, 3.05) is 35.7 Å². The van der Waals surface area contributed by atoms with E-state index in [1.807, 2.05) is 18.2 Å². The number of benzene rings is 1. The molecule has 1 N–H and O–H groups in total. The Morgan fingerprint density at radius 2 is 1.94 bits per heavy atom. The van der Waals surface area contributed by atoms with E-state index in [-0.39, 0.29) is 17.4 Å². The van der Waals surface area contributed by atoms with Crippen molar-refractivity contribution in [2.24, 2.45) is 5.92 Å². The zero-order valence-electron chi connectivity index (χ0n) is 20.3. The van der Waals surface area contributed by atoms with Crippen LogP contribution >= 0.6 is 11.8 Å². The molecule has 7 nitrogen and oxygen atoms in total. The number of para-hydroxylation sites is 1. The predicted molar refractivity (Wildman–Crippen MR) is 134 cm³/mol. The highest BCUT2D eigenvalue weighted by molar-refractivity contribution is 7.99. The topological polar surface area (TPSA) is 72.3 Å². The Hall–Kier alpha value is -2.06. The first-order chi connectivity index (χ1) is 15.8. The van der Waals surface area contributed by atoms with Crippen LogP contribution in [0.1, 0.15) is 58.9 Å². The van der Waals surface area contributed by atoms with Crippen molar-refractivity contribution in [3.8, 4) is 0 Å². The van der Waals surface area contributed by atoms with Crippen molar-refractivity contribution in [3.63, 3.8) is 0 Å². The number of anilines is 2. The van der Waals surface area contributed by atoms with Gasteiger partial charge in [-0.05, 0) is 48.6 Å². The van der Waals surface area contributed by atoms with E-state index in [0.29, 0.717) is 5.75 Å². The molecule has 180 valence electrons. The first kappa shape index (κ1) is 24.1. The maximum atomic E-state index is 12.8. The van der Waals surface area contributed by atoms with E-state index in [4.69, 9.17) is 4.74 Å². The number of amides is 1. The number of hydrogen-bond donors (Lipinski definition) is 1. The number of piperidine rings is 1. The summed E-state index contributed by atoms with van der Waals surface area (Å²) >= 11 is 1.45. The van der Waals surface area contributed by atoms with Crippen molar-refractivity contribution in [2.45, 2.75) is 76.6 Å². The highest BCUT2D eigenvalue weighted by atomic mass is 32.2. The predicted octanol–water partition coefficient (Wildman–Crippen LogP) is 4.72. The lowest BCUT2D eigenvalue weighted by atomic mass is 9.86. The van der Waals surface area contributed by atoms with Gasteiger partial charge in [-0.15, -0.1) is 10.2 Å². The molecule has 8 heteroatoms.